The van der Waals surface area contributed by atoms with Crippen LogP contribution in [0, 0.1) is 0 Å². The number of hydrogen-bond donors (Lipinski definition) is 3. The molecule has 6 nitrogen and oxygen atoms in total. The van der Waals surface area contributed by atoms with Gasteiger partial charge in [-0.3, -0.25) is 10.9 Å². The van der Waals surface area contributed by atoms with Crippen LogP contribution in [0.25, 0.3) is 22.2 Å². The number of alkyl halides is 2. The number of amides is 2. The Labute approximate surface area is 229 Å². The number of hydrazine groups is 1. The molecule has 1 aromatic heterocycles. The van der Waals surface area contributed by atoms with Crippen LogP contribution >= 0.6 is 46.4 Å². The van der Waals surface area contributed by atoms with Crippen molar-refractivity contribution in [3.05, 3.63) is 82.8 Å². The van der Waals surface area contributed by atoms with Gasteiger partial charge in [-0.25, -0.2) is 9.78 Å². The van der Waals surface area contributed by atoms with Crippen molar-refractivity contribution in [1.82, 2.24) is 10.4 Å². The molecule has 0 saturated carbocycles. The minimum absolute atomic E-state index is 0.423. The number of anilines is 3. The van der Waals surface area contributed by atoms with Gasteiger partial charge in [0.1, 0.15) is 0 Å². The molecular formula is C26H23Cl4N5O. The van der Waals surface area contributed by atoms with Crippen molar-refractivity contribution in [3.8, 4) is 11.3 Å². The highest BCUT2D eigenvalue weighted by Gasteiger charge is 2.12. The highest BCUT2D eigenvalue weighted by atomic mass is 35.5. The summed E-state index contributed by atoms with van der Waals surface area (Å²) in [6.07, 6.45) is 0. The monoisotopic (exact) mass is 561 g/mol. The molecule has 0 bridgehead atoms. The number of pyridine rings is 1. The first-order valence-electron chi connectivity index (χ1n) is 11.1. The van der Waals surface area contributed by atoms with E-state index in [1.54, 1.807) is 12.1 Å². The molecule has 1 heterocycles. The third kappa shape index (κ3) is 6.45. The van der Waals surface area contributed by atoms with E-state index in [0.717, 1.165) is 22.2 Å². The fraction of sp³-hybridized carbons (Fsp3) is 0.154. The van der Waals surface area contributed by atoms with Crippen molar-refractivity contribution < 1.29 is 4.79 Å². The third-order valence-electron chi connectivity index (χ3n) is 5.43. The number of carbonyl (C=O) groups is 1. The quantitative estimate of drug-likeness (QED) is 0.145. The molecule has 0 aliphatic rings. The highest BCUT2D eigenvalue weighted by molar-refractivity contribution is 6.36. The van der Waals surface area contributed by atoms with Crippen molar-refractivity contribution in [2.45, 2.75) is 0 Å². The van der Waals surface area contributed by atoms with Crippen LogP contribution in [0.2, 0.25) is 10.0 Å². The van der Waals surface area contributed by atoms with E-state index in [4.69, 9.17) is 51.4 Å². The lowest BCUT2D eigenvalue weighted by atomic mass is 10.1. The molecular weight excluding hydrogens is 540 g/mol. The van der Waals surface area contributed by atoms with Gasteiger partial charge in [0, 0.05) is 52.2 Å². The van der Waals surface area contributed by atoms with Gasteiger partial charge in [0.25, 0.3) is 0 Å². The summed E-state index contributed by atoms with van der Waals surface area (Å²) < 4.78 is 0. The van der Waals surface area contributed by atoms with Gasteiger partial charge >= 0.3 is 6.03 Å². The zero-order valence-electron chi connectivity index (χ0n) is 19.1. The smallest absolute Gasteiger partial charge is 0.337 e. The summed E-state index contributed by atoms with van der Waals surface area (Å²) in [6, 6.07) is 21.8. The molecule has 0 radical (unpaired) electrons. The zero-order valence-corrected chi connectivity index (χ0v) is 22.1. The summed E-state index contributed by atoms with van der Waals surface area (Å²) in [7, 11) is 0. The van der Waals surface area contributed by atoms with Gasteiger partial charge in [-0.2, -0.15) is 0 Å². The van der Waals surface area contributed by atoms with Crippen molar-refractivity contribution >= 4 is 80.4 Å². The Bertz CT molecular complexity index is 1340. The van der Waals surface area contributed by atoms with Gasteiger partial charge in [-0.15, -0.1) is 23.2 Å². The molecule has 3 aromatic carbocycles. The van der Waals surface area contributed by atoms with Crippen molar-refractivity contribution in [3.63, 3.8) is 0 Å². The van der Waals surface area contributed by atoms with Crippen molar-refractivity contribution in [2.24, 2.45) is 0 Å². The largest absolute Gasteiger partial charge is 0.369 e. The number of carbonyl (C=O) groups excluding carboxylic acids is 1. The maximum Gasteiger partial charge on any atom is 0.337 e. The lowest BCUT2D eigenvalue weighted by molar-refractivity contribution is 0.254. The Morgan fingerprint density at radius 2 is 1.61 bits per heavy atom. The van der Waals surface area contributed by atoms with Gasteiger partial charge in [0.15, 0.2) is 0 Å². The third-order valence-corrected chi connectivity index (χ3v) is 6.32. The molecule has 10 heteroatoms. The molecule has 0 atom stereocenters. The van der Waals surface area contributed by atoms with Crippen LogP contribution < -0.4 is 21.1 Å². The summed E-state index contributed by atoms with van der Waals surface area (Å²) >= 11 is 24.2. The Balaban J connectivity index is 1.49. The Hall–Kier alpha value is -2.90. The fourth-order valence-electron chi connectivity index (χ4n) is 3.73. The van der Waals surface area contributed by atoms with E-state index in [9.17, 15) is 4.79 Å². The van der Waals surface area contributed by atoms with Crippen LogP contribution in [0.15, 0.2) is 72.8 Å². The minimum Gasteiger partial charge on any atom is -0.369 e. The van der Waals surface area contributed by atoms with Crippen LogP contribution in [0.4, 0.5) is 21.9 Å². The van der Waals surface area contributed by atoms with Crippen LogP contribution in [0.3, 0.4) is 0 Å². The van der Waals surface area contributed by atoms with E-state index in [1.807, 2.05) is 60.7 Å². The van der Waals surface area contributed by atoms with Gasteiger partial charge < -0.3 is 10.2 Å². The van der Waals surface area contributed by atoms with E-state index >= 15 is 0 Å². The van der Waals surface area contributed by atoms with Crippen molar-refractivity contribution in [2.75, 3.05) is 40.5 Å². The fourth-order valence-corrected chi connectivity index (χ4v) is 4.64. The first-order chi connectivity index (χ1) is 17.5. The predicted molar refractivity (Wildman–Crippen MR) is 153 cm³/mol. The van der Waals surface area contributed by atoms with Crippen LogP contribution in [-0.4, -0.2) is 35.9 Å². The molecule has 2 amide bonds. The lowest BCUT2D eigenvalue weighted by Crippen LogP contribution is -2.33. The molecule has 0 aliphatic carbocycles. The normalized spacial score (nSPS) is 10.8. The number of urea groups is 1. The number of fused-ring (bicyclic) bond motifs is 1. The topological polar surface area (TPSA) is 69.3 Å². The molecule has 3 N–H and O–H groups in total. The average molecular weight is 563 g/mol. The number of rotatable bonds is 9. The first kappa shape index (κ1) is 26.2. The standard InChI is InChI=1S/C26H23Cl4N5O/c27-11-13-35(14-12-28)19-8-6-18(7-9-19)31-26(36)34-33-25-16-24(20-10-5-17(29)15-22(20)30)32-23-4-2-1-3-21(23)25/h1-10,15-16H,11-14H2,(H,32,33)(H2,31,34,36). The molecule has 0 spiro atoms. The Kier molecular flexibility index (Phi) is 8.99. The number of benzene rings is 3. The van der Waals surface area contributed by atoms with Gasteiger partial charge in [0.05, 0.1) is 21.9 Å². The number of nitrogens with one attached hydrogen (secondary N) is 3. The highest BCUT2D eigenvalue weighted by Crippen LogP contribution is 2.33. The van der Waals surface area contributed by atoms with E-state index in [0.29, 0.717) is 52.0 Å². The summed E-state index contributed by atoms with van der Waals surface area (Å²) in [4.78, 5) is 19.4. The van der Waals surface area contributed by atoms with Crippen LogP contribution in [0.5, 0.6) is 0 Å². The molecule has 0 aliphatic heterocycles. The lowest BCUT2D eigenvalue weighted by Gasteiger charge is -2.23. The van der Waals surface area contributed by atoms with E-state index in [-0.39, 0.29) is 0 Å². The first-order valence-corrected chi connectivity index (χ1v) is 13.0. The molecule has 0 saturated heterocycles. The molecule has 0 fully saturated rings. The minimum atomic E-state index is -0.423. The van der Waals surface area contributed by atoms with Gasteiger partial charge in [0.2, 0.25) is 0 Å². The second-order valence-electron chi connectivity index (χ2n) is 7.81. The molecule has 186 valence electrons. The van der Waals surface area contributed by atoms with Crippen LogP contribution in [-0.2, 0) is 0 Å². The maximum atomic E-state index is 12.6. The van der Waals surface area contributed by atoms with Crippen molar-refractivity contribution in [1.29, 1.82) is 0 Å². The predicted octanol–water partition coefficient (Wildman–Crippen LogP) is 7.64. The second-order valence-corrected chi connectivity index (χ2v) is 9.41. The van der Waals surface area contributed by atoms with E-state index in [1.165, 1.54) is 0 Å². The summed E-state index contributed by atoms with van der Waals surface area (Å²) in [5.41, 5.74) is 10.1. The number of hydrogen-bond acceptors (Lipinski definition) is 4. The number of aromatic nitrogens is 1. The number of halogens is 4. The summed E-state index contributed by atoms with van der Waals surface area (Å²) in [5.74, 6) is 1.00. The molecule has 36 heavy (non-hydrogen) atoms. The molecule has 4 aromatic rings. The second kappa shape index (κ2) is 12.4. The maximum absolute atomic E-state index is 12.6. The zero-order chi connectivity index (χ0) is 25.5. The average Bonchev–Trinajstić information content (AvgIpc) is 2.87. The summed E-state index contributed by atoms with van der Waals surface area (Å²) in [6.45, 7) is 1.38. The van der Waals surface area contributed by atoms with Gasteiger partial charge in [-0.1, -0.05) is 41.4 Å². The Morgan fingerprint density at radius 3 is 2.31 bits per heavy atom. The van der Waals surface area contributed by atoms with Crippen LogP contribution in [0.1, 0.15) is 0 Å². The van der Waals surface area contributed by atoms with E-state index in [2.05, 4.69) is 21.1 Å². The SMILES string of the molecule is O=C(NNc1cc(-c2ccc(Cl)cc2Cl)nc2ccccc12)Nc1ccc(N(CCCl)CCCl)cc1. The van der Waals surface area contributed by atoms with Gasteiger partial charge in [-0.05, 0) is 54.6 Å². The molecule has 0 unspecified atom stereocenters. The Morgan fingerprint density at radius 1 is 0.889 bits per heavy atom. The number of para-hydroxylation sites is 1. The number of nitrogens with zero attached hydrogens (tertiary/aromatic N) is 2. The molecule has 4 rings (SSSR count). The summed E-state index contributed by atoms with van der Waals surface area (Å²) in [5, 5.41) is 4.69. The van der Waals surface area contributed by atoms with E-state index < -0.39 is 6.03 Å².